The van der Waals surface area contributed by atoms with Crippen LogP contribution >= 0.6 is 27.7 Å². The summed E-state index contributed by atoms with van der Waals surface area (Å²) in [7, 11) is 1.66. The summed E-state index contributed by atoms with van der Waals surface area (Å²) in [6.07, 6.45) is 3.85. The molecule has 1 aromatic rings. The van der Waals surface area contributed by atoms with Crippen LogP contribution < -0.4 is 4.74 Å². The van der Waals surface area contributed by atoms with Gasteiger partial charge in [0.15, 0.2) is 0 Å². The van der Waals surface area contributed by atoms with Crippen molar-refractivity contribution in [3.8, 4) is 5.75 Å². The molecule has 0 unspecified atom stereocenters. The van der Waals surface area contributed by atoms with Crippen molar-refractivity contribution in [1.82, 2.24) is 0 Å². The number of ether oxygens (including phenoxy) is 1. The molecular weight excluding hydrogens is 248 g/mol. The Morgan fingerprint density at radius 2 is 2.23 bits per heavy atom. The lowest BCUT2D eigenvalue weighted by Crippen LogP contribution is -1.90. The predicted molar refractivity (Wildman–Crippen MR) is 62.6 cm³/mol. The van der Waals surface area contributed by atoms with Gasteiger partial charge in [-0.2, -0.15) is 0 Å². The minimum absolute atomic E-state index is 0.849. The highest BCUT2D eigenvalue weighted by molar-refractivity contribution is 9.10. The standard InChI is InChI=1S/C10H11BrOS/c1-4-7-9(13-3)6-5-8(11)10(7)12-2/h4-6H,1H2,2-3H3. The third-order valence-electron chi connectivity index (χ3n) is 1.74. The van der Waals surface area contributed by atoms with Gasteiger partial charge in [0.2, 0.25) is 0 Å². The Balaban J connectivity index is 3.36. The zero-order valence-electron chi connectivity index (χ0n) is 7.63. The molecule has 13 heavy (non-hydrogen) atoms. The van der Waals surface area contributed by atoms with Crippen molar-refractivity contribution in [1.29, 1.82) is 0 Å². The van der Waals surface area contributed by atoms with Gasteiger partial charge in [-0.25, -0.2) is 0 Å². The van der Waals surface area contributed by atoms with E-state index in [1.165, 1.54) is 4.90 Å². The van der Waals surface area contributed by atoms with Gasteiger partial charge in [0.1, 0.15) is 5.75 Å². The number of hydrogen-bond acceptors (Lipinski definition) is 2. The molecule has 0 aliphatic heterocycles. The lowest BCUT2D eigenvalue weighted by molar-refractivity contribution is 0.410. The Morgan fingerprint density at radius 1 is 1.54 bits per heavy atom. The zero-order valence-corrected chi connectivity index (χ0v) is 10.0. The second kappa shape index (κ2) is 4.72. The van der Waals surface area contributed by atoms with Gasteiger partial charge in [0.25, 0.3) is 0 Å². The van der Waals surface area contributed by atoms with Crippen molar-refractivity contribution in [3.05, 3.63) is 28.7 Å². The molecule has 0 radical (unpaired) electrons. The largest absolute Gasteiger partial charge is 0.495 e. The van der Waals surface area contributed by atoms with E-state index in [4.69, 9.17) is 4.74 Å². The van der Waals surface area contributed by atoms with Gasteiger partial charge >= 0.3 is 0 Å². The summed E-state index contributed by atoms with van der Waals surface area (Å²) in [4.78, 5) is 1.18. The summed E-state index contributed by atoms with van der Waals surface area (Å²) in [5.41, 5.74) is 1.05. The molecule has 0 bridgehead atoms. The van der Waals surface area contributed by atoms with E-state index >= 15 is 0 Å². The molecule has 1 rings (SSSR count). The van der Waals surface area contributed by atoms with Gasteiger partial charge in [-0.15, -0.1) is 11.8 Å². The van der Waals surface area contributed by atoms with Crippen molar-refractivity contribution < 1.29 is 4.74 Å². The van der Waals surface area contributed by atoms with Gasteiger partial charge in [-0.1, -0.05) is 12.7 Å². The first-order valence-corrected chi connectivity index (χ1v) is 5.79. The van der Waals surface area contributed by atoms with Crippen LogP contribution in [-0.2, 0) is 0 Å². The highest BCUT2D eigenvalue weighted by Crippen LogP contribution is 2.35. The third-order valence-corrected chi connectivity index (χ3v) is 3.16. The Bertz CT molecular complexity index is 323. The molecule has 0 aliphatic rings. The Hall–Kier alpha value is -0.410. The van der Waals surface area contributed by atoms with Gasteiger partial charge in [0.05, 0.1) is 11.6 Å². The van der Waals surface area contributed by atoms with E-state index < -0.39 is 0 Å². The maximum absolute atomic E-state index is 5.28. The number of rotatable bonds is 3. The van der Waals surface area contributed by atoms with E-state index in [2.05, 4.69) is 22.5 Å². The van der Waals surface area contributed by atoms with Gasteiger partial charge in [-0.3, -0.25) is 0 Å². The summed E-state index contributed by atoms with van der Waals surface area (Å²) in [6.45, 7) is 3.78. The van der Waals surface area contributed by atoms with Crippen molar-refractivity contribution in [2.24, 2.45) is 0 Å². The lowest BCUT2D eigenvalue weighted by Gasteiger charge is -2.10. The molecule has 0 aliphatic carbocycles. The first-order chi connectivity index (χ1) is 6.24. The first kappa shape index (κ1) is 10.7. The predicted octanol–water partition coefficient (Wildman–Crippen LogP) is 3.82. The molecule has 0 N–H and O–H groups in total. The second-order valence-corrected chi connectivity index (χ2v) is 4.10. The van der Waals surface area contributed by atoms with Crippen LogP contribution in [0.1, 0.15) is 5.56 Å². The molecule has 0 aromatic heterocycles. The molecule has 0 heterocycles. The number of benzene rings is 1. The molecule has 1 nitrogen and oxygen atoms in total. The highest BCUT2D eigenvalue weighted by Gasteiger charge is 2.08. The minimum Gasteiger partial charge on any atom is -0.495 e. The van der Waals surface area contributed by atoms with Crippen LogP contribution in [0.25, 0.3) is 6.08 Å². The summed E-state index contributed by atoms with van der Waals surface area (Å²) < 4.78 is 6.24. The molecule has 0 atom stereocenters. The van der Waals surface area contributed by atoms with E-state index in [0.717, 1.165) is 15.8 Å². The number of hydrogen-bond donors (Lipinski definition) is 0. The fraction of sp³-hybridized carbons (Fsp3) is 0.200. The average molecular weight is 259 g/mol. The van der Waals surface area contributed by atoms with Gasteiger partial charge in [0, 0.05) is 10.5 Å². The van der Waals surface area contributed by atoms with Crippen molar-refractivity contribution >= 4 is 33.8 Å². The van der Waals surface area contributed by atoms with Crippen LogP contribution in [0.15, 0.2) is 28.1 Å². The smallest absolute Gasteiger partial charge is 0.141 e. The van der Waals surface area contributed by atoms with Crippen LogP contribution in [-0.4, -0.2) is 13.4 Å². The Labute approximate surface area is 91.3 Å². The molecule has 1 aromatic carbocycles. The van der Waals surface area contributed by atoms with Crippen LogP contribution in [0.4, 0.5) is 0 Å². The molecule has 0 saturated carbocycles. The molecule has 70 valence electrons. The maximum Gasteiger partial charge on any atom is 0.141 e. The summed E-state index contributed by atoms with van der Waals surface area (Å²) in [5, 5.41) is 0. The second-order valence-electron chi connectivity index (χ2n) is 2.40. The third kappa shape index (κ3) is 2.09. The van der Waals surface area contributed by atoms with Crippen molar-refractivity contribution in [2.75, 3.05) is 13.4 Å². The summed E-state index contributed by atoms with van der Waals surface area (Å²) in [6, 6.07) is 4.03. The van der Waals surface area contributed by atoms with E-state index in [-0.39, 0.29) is 0 Å². The Morgan fingerprint density at radius 3 is 2.69 bits per heavy atom. The summed E-state index contributed by atoms with van der Waals surface area (Å²) >= 11 is 5.12. The molecule has 3 heteroatoms. The first-order valence-electron chi connectivity index (χ1n) is 3.77. The topological polar surface area (TPSA) is 9.23 Å². The van der Waals surface area contributed by atoms with E-state index in [1.54, 1.807) is 18.9 Å². The highest BCUT2D eigenvalue weighted by atomic mass is 79.9. The van der Waals surface area contributed by atoms with Gasteiger partial charge < -0.3 is 4.74 Å². The SMILES string of the molecule is C=Cc1c(SC)ccc(Br)c1OC. The quantitative estimate of drug-likeness (QED) is 0.763. The number of methoxy groups -OCH3 is 1. The van der Waals surface area contributed by atoms with Crippen LogP contribution in [0, 0.1) is 0 Å². The normalized spacial score (nSPS) is 9.77. The Kier molecular flexibility index (Phi) is 3.88. The zero-order chi connectivity index (χ0) is 9.84. The molecule has 0 saturated heterocycles. The van der Waals surface area contributed by atoms with Crippen molar-refractivity contribution in [3.63, 3.8) is 0 Å². The molecular formula is C10H11BrOS. The lowest BCUT2D eigenvalue weighted by atomic mass is 10.2. The fourth-order valence-corrected chi connectivity index (χ4v) is 2.24. The average Bonchev–Trinajstić information content (AvgIpc) is 2.17. The van der Waals surface area contributed by atoms with E-state index in [9.17, 15) is 0 Å². The molecule has 0 fully saturated rings. The van der Waals surface area contributed by atoms with Gasteiger partial charge in [-0.05, 0) is 34.3 Å². The van der Waals surface area contributed by atoms with Crippen molar-refractivity contribution in [2.45, 2.75) is 4.90 Å². The van der Waals surface area contributed by atoms with Crippen LogP contribution in [0.2, 0.25) is 0 Å². The fourth-order valence-electron chi connectivity index (χ4n) is 1.13. The van der Waals surface area contributed by atoms with Crippen LogP contribution in [0.3, 0.4) is 0 Å². The van der Waals surface area contributed by atoms with Crippen LogP contribution in [0.5, 0.6) is 5.75 Å². The monoisotopic (exact) mass is 258 g/mol. The minimum atomic E-state index is 0.849. The molecule has 0 amide bonds. The number of halogens is 1. The number of thioether (sulfide) groups is 1. The molecule has 0 spiro atoms. The van der Waals surface area contributed by atoms with E-state index in [1.807, 2.05) is 24.5 Å². The maximum atomic E-state index is 5.28. The van der Waals surface area contributed by atoms with E-state index in [0.29, 0.717) is 0 Å². The summed E-state index contributed by atoms with van der Waals surface area (Å²) in [5.74, 6) is 0.849.